The van der Waals surface area contributed by atoms with E-state index in [9.17, 15) is 4.79 Å². The Morgan fingerprint density at radius 2 is 1.62 bits per heavy atom. The minimum absolute atomic E-state index is 0.241. The summed E-state index contributed by atoms with van der Waals surface area (Å²) in [6.45, 7) is 16.8. The summed E-state index contributed by atoms with van der Waals surface area (Å²) in [5.74, 6) is 4.00. The number of carbonyl (C=O) groups excluding carboxylic acids is 1. The van der Waals surface area contributed by atoms with E-state index in [0.29, 0.717) is 11.8 Å². The number of piperidine rings is 2. The molecule has 1 amide bonds. The predicted molar refractivity (Wildman–Crippen MR) is 88.1 cm³/mol. The highest BCUT2D eigenvalue weighted by atomic mass is 16.2. The summed E-state index contributed by atoms with van der Waals surface area (Å²) in [5, 5.41) is 0. The van der Waals surface area contributed by atoms with Crippen LogP contribution < -0.4 is 0 Å². The zero-order valence-electron chi connectivity index (χ0n) is 14.6. The van der Waals surface area contributed by atoms with E-state index < -0.39 is 0 Å². The molecule has 0 aromatic carbocycles. The normalized spacial score (nSPS) is 30.1. The molecule has 2 aliphatic heterocycles. The molecule has 2 aliphatic rings. The second-order valence-corrected chi connectivity index (χ2v) is 7.92. The largest absolute Gasteiger partial charge is 0.342 e. The molecule has 0 aromatic heterocycles. The maximum Gasteiger partial charge on any atom is 0.219 e. The van der Waals surface area contributed by atoms with E-state index in [4.69, 9.17) is 0 Å². The van der Waals surface area contributed by atoms with Gasteiger partial charge in [-0.1, -0.05) is 27.7 Å². The molecule has 0 N–H and O–H groups in total. The van der Waals surface area contributed by atoms with Gasteiger partial charge in [-0.15, -0.1) is 0 Å². The van der Waals surface area contributed by atoms with Crippen LogP contribution in [0.5, 0.6) is 0 Å². The number of hydrogen-bond donors (Lipinski definition) is 0. The van der Waals surface area contributed by atoms with Crippen molar-refractivity contribution in [1.82, 2.24) is 9.80 Å². The first kappa shape index (κ1) is 16.8. The van der Waals surface area contributed by atoms with Crippen LogP contribution in [0.25, 0.3) is 0 Å². The van der Waals surface area contributed by atoms with Gasteiger partial charge >= 0.3 is 0 Å². The number of carbonyl (C=O) groups is 1. The first-order valence-corrected chi connectivity index (χ1v) is 8.86. The van der Waals surface area contributed by atoms with Gasteiger partial charge in [-0.3, -0.25) is 4.79 Å². The van der Waals surface area contributed by atoms with Gasteiger partial charge in [0.2, 0.25) is 5.91 Å². The summed E-state index contributed by atoms with van der Waals surface area (Å²) >= 11 is 0. The molecular formula is C18H34N2O. The average molecular weight is 294 g/mol. The van der Waals surface area contributed by atoms with Crippen molar-refractivity contribution < 1.29 is 4.79 Å². The minimum Gasteiger partial charge on any atom is -0.342 e. The Balaban J connectivity index is 1.84. The van der Waals surface area contributed by atoms with E-state index in [1.54, 1.807) is 6.92 Å². The third-order valence-electron chi connectivity index (χ3n) is 5.97. The van der Waals surface area contributed by atoms with Gasteiger partial charge in [0.15, 0.2) is 0 Å². The second kappa shape index (κ2) is 7.13. The molecule has 0 saturated carbocycles. The summed E-state index contributed by atoms with van der Waals surface area (Å²) < 4.78 is 0. The molecule has 0 bridgehead atoms. The van der Waals surface area contributed by atoms with Crippen molar-refractivity contribution in [2.45, 2.75) is 47.5 Å². The Morgan fingerprint density at radius 3 is 2.05 bits per heavy atom. The number of likely N-dealkylation sites (tertiary alicyclic amines) is 2. The van der Waals surface area contributed by atoms with Gasteiger partial charge in [0, 0.05) is 26.6 Å². The molecule has 0 unspecified atom stereocenters. The van der Waals surface area contributed by atoms with Gasteiger partial charge in [0.1, 0.15) is 0 Å². The van der Waals surface area contributed by atoms with E-state index in [1.807, 2.05) is 4.90 Å². The number of rotatable bonds is 3. The highest BCUT2D eigenvalue weighted by molar-refractivity contribution is 5.73. The lowest BCUT2D eigenvalue weighted by Crippen LogP contribution is -2.50. The highest BCUT2D eigenvalue weighted by Gasteiger charge is 2.34. The Hall–Kier alpha value is -0.570. The molecular weight excluding hydrogens is 260 g/mol. The number of nitrogens with zero attached hydrogens (tertiary/aromatic N) is 2. The van der Waals surface area contributed by atoms with Crippen LogP contribution >= 0.6 is 0 Å². The van der Waals surface area contributed by atoms with Gasteiger partial charge in [0.25, 0.3) is 0 Å². The van der Waals surface area contributed by atoms with E-state index >= 15 is 0 Å². The smallest absolute Gasteiger partial charge is 0.219 e. The molecule has 3 nitrogen and oxygen atoms in total. The molecule has 21 heavy (non-hydrogen) atoms. The first-order valence-electron chi connectivity index (χ1n) is 8.86. The zero-order chi connectivity index (χ0) is 15.6. The average Bonchev–Trinajstić information content (AvgIpc) is 2.43. The molecule has 2 atom stereocenters. The Morgan fingerprint density at radius 1 is 1.10 bits per heavy atom. The van der Waals surface area contributed by atoms with Crippen molar-refractivity contribution in [3.63, 3.8) is 0 Å². The predicted octanol–water partition coefficient (Wildman–Crippen LogP) is 3.10. The lowest BCUT2D eigenvalue weighted by atomic mass is 9.78. The Kier molecular flexibility index (Phi) is 5.70. The summed E-state index contributed by atoms with van der Waals surface area (Å²) in [6, 6.07) is 0. The van der Waals surface area contributed by atoms with Crippen LogP contribution in [0.3, 0.4) is 0 Å². The lowest BCUT2D eigenvalue weighted by molar-refractivity contribution is -0.133. The zero-order valence-corrected chi connectivity index (χ0v) is 14.6. The quantitative estimate of drug-likeness (QED) is 0.798. The number of amides is 1. The number of hydrogen-bond acceptors (Lipinski definition) is 2. The van der Waals surface area contributed by atoms with Gasteiger partial charge in [-0.25, -0.2) is 0 Å². The van der Waals surface area contributed by atoms with Crippen LogP contribution in [0.15, 0.2) is 0 Å². The van der Waals surface area contributed by atoms with Crippen LogP contribution in [0, 0.1) is 29.6 Å². The Labute approximate surface area is 131 Å². The molecule has 2 fully saturated rings. The van der Waals surface area contributed by atoms with Gasteiger partial charge in [-0.2, -0.15) is 0 Å². The first-order chi connectivity index (χ1) is 9.88. The molecule has 122 valence electrons. The van der Waals surface area contributed by atoms with E-state index in [1.165, 1.54) is 32.5 Å². The minimum atomic E-state index is 0.241. The van der Waals surface area contributed by atoms with Crippen molar-refractivity contribution in [3.05, 3.63) is 0 Å². The molecule has 0 aromatic rings. The van der Waals surface area contributed by atoms with Crippen molar-refractivity contribution >= 4 is 5.91 Å². The third kappa shape index (κ3) is 4.21. The topological polar surface area (TPSA) is 23.6 Å². The van der Waals surface area contributed by atoms with E-state index in [2.05, 4.69) is 32.6 Å². The molecule has 0 radical (unpaired) electrons. The molecule has 2 heterocycles. The fraction of sp³-hybridized carbons (Fsp3) is 0.944. The molecule has 2 saturated heterocycles. The maximum absolute atomic E-state index is 11.6. The van der Waals surface area contributed by atoms with Gasteiger partial charge < -0.3 is 9.80 Å². The standard InChI is InChI=1S/C18H34N2O/c1-13(2)17-6-8-19(9-7-17)12-18-14(3)10-20(16(5)21)11-15(18)4/h13-15,17-18H,6-12H2,1-5H3/t14-,15-/m1/s1. The molecule has 0 spiro atoms. The SMILES string of the molecule is CC(=O)N1C[C@@H](C)C(CN2CCC(C(C)C)CC2)[C@H](C)C1. The monoisotopic (exact) mass is 294 g/mol. The summed E-state index contributed by atoms with van der Waals surface area (Å²) in [5.41, 5.74) is 0. The second-order valence-electron chi connectivity index (χ2n) is 7.92. The van der Waals surface area contributed by atoms with E-state index in [0.717, 1.165) is 30.8 Å². The fourth-order valence-electron chi connectivity index (χ4n) is 4.32. The van der Waals surface area contributed by atoms with Crippen LogP contribution in [-0.2, 0) is 4.79 Å². The van der Waals surface area contributed by atoms with Crippen LogP contribution in [0.2, 0.25) is 0 Å². The van der Waals surface area contributed by atoms with E-state index in [-0.39, 0.29) is 5.91 Å². The van der Waals surface area contributed by atoms with Crippen molar-refractivity contribution in [3.8, 4) is 0 Å². The van der Waals surface area contributed by atoms with Gasteiger partial charge in [-0.05, 0) is 55.5 Å². The lowest BCUT2D eigenvalue weighted by Gasteiger charge is -2.44. The van der Waals surface area contributed by atoms with Crippen LogP contribution in [0.4, 0.5) is 0 Å². The molecule has 2 rings (SSSR count). The molecule has 0 aliphatic carbocycles. The van der Waals surface area contributed by atoms with Crippen molar-refractivity contribution in [2.24, 2.45) is 29.6 Å². The molecule has 3 heteroatoms. The third-order valence-corrected chi connectivity index (χ3v) is 5.97. The van der Waals surface area contributed by atoms with Gasteiger partial charge in [0.05, 0.1) is 0 Å². The van der Waals surface area contributed by atoms with Crippen LogP contribution in [-0.4, -0.2) is 48.4 Å². The maximum atomic E-state index is 11.6. The summed E-state index contributed by atoms with van der Waals surface area (Å²) in [6.07, 6.45) is 2.74. The van der Waals surface area contributed by atoms with Crippen LogP contribution in [0.1, 0.15) is 47.5 Å². The van der Waals surface area contributed by atoms with Crippen molar-refractivity contribution in [1.29, 1.82) is 0 Å². The fourth-order valence-corrected chi connectivity index (χ4v) is 4.32. The summed E-state index contributed by atoms with van der Waals surface area (Å²) in [4.78, 5) is 16.3. The highest BCUT2D eigenvalue weighted by Crippen LogP contribution is 2.31. The van der Waals surface area contributed by atoms with Crippen molar-refractivity contribution in [2.75, 3.05) is 32.7 Å². The summed E-state index contributed by atoms with van der Waals surface area (Å²) in [7, 11) is 0. The Bertz CT molecular complexity index is 335.